The molecular weight excluding hydrogens is 228 g/mol. The second kappa shape index (κ2) is 5.98. The van der Waals surface area contributed by atoms with E-state index in [0.29, 0.717) is 6.04 Å². The van der Waals surface area contributed by atoms with Gasteiger partial charge in [-0.1, -0.05) is 13.3 Å². The quantitative estimate of drug-likeness (QED) is 0.892. The average molecular weight is 252 g/mol. The largest absolute Gasteiger partial charge is 0.329 e. The van der Waals surface area contributed by atoms with E-state index in [-0.39, 0.29) is 0 Å². The van der Waals surface area contributed by atoms with Crippen molar-refractivity contribution in [3.05, 3.63) is 21.9 Å². The maximum Gasteiger partial charge on any atom is 0.0564 e. The minimum absolute atomic E-state index is 0.450. The summed E-state index contributed by atoms with van der Waals surface area (Å²) in [5, 5.41) is 0. The Bertz CT molecular complexity index is 340. The fourth-order valence-corrected chi connectivity index (χ4v) is 3.78. The van der Waals surface area contributed by atoms with Crippen LogP contribution in [-0.4, -0.2) is 24.5 Å². The minimum atomic E-state index is 0.450. The van der Waals surface area contributed by atoms with Crippen LogP contribution in [0.2, 0.25) is 0 Å². The van der Waals surface area contributed by atoms with Gasteiger partial charge < -0.3 is 5.73 Å². The van der Waals surface area contributed by atoms with Crippen molar-refractivity contribution in [1.82, 2.24) is 4.90 Å². The third-order valence-corrected chi connectivity index (χ3v) is 5.08. The van der Waals surface area contributed by atoms with E-state index in [2.05, 4.69) is 30.9 Å². The molecule has 2 N–H and O–H groups in total. The van der Waals surface area contributed by atoms with Gasteiger partial charge in [0.05, 0.1) is 6.04 Å². The fraction of sp³-hybridized carbons (Fsp3) is 0.714. The number of nitrogens with zero attached hydrogens (tertiary/aromatic N) is 1. The molecule has 1 atom stereocenters. The molecule has 1 aromatic heterocycles. The first-order valence-corrected chi connectivity index (χ1v) is 7.56. The van der Waals surface area contributed by atoms with Crippen LogP contribution in [0.1, 0.15) is 42.0 Å². The van der Waals surface area contributed by atoms with Crippen LogP contribution < -0.4 is 5.73 Å². The zero-order chi connectivity index (χ0) is 12.3. The van der Waals surface area contributed by atoms with E-state index in [1.807, 2.05) is 11.3 Å². The molecule has 1 aromatic rings. The van der Waals surface area contributed by atoms with Crippen LogP contribution in [0.3, 0.4) is 0 Å². The number of aryl methyl sites for hydroxylation is 1. The Morgan fingerprint density at radius 3 is 2.59 bits per heavy atom. The second-order valence-corrected chi connectivity index (χ2v) is 6.41. The van der Waals surface area contributed by atoms with Crippen molar-refractivity contribution in [2.24, 2.45) is 11.7 Å². The number of thiophene rings is 1. The predicted octanol–water partition coefficient (Wildman–Crippen LogP) is 3.18. The number of hydrogen-bond donors (Lipinski definition) is 1. The Balaban J connectivity index is 2.00. The van der Waals surface area contributed by atoms with E-state index in [4.69, 9.17) is 5.73 Å². The molecule has 0 aliphatic carbocycles. The lowest BCUT2D eigenvalue weighted by Crippen LogP contribution is -2.39. The smallest absolute Gasteiger partial charge is 0.0564 e. The molecule has 0 saturated carbocycles. The maximum absolute atomic E-state index is 5.98. The summed E-state index contributed by atoms with van der Waals surface area (Å²) in [6.45, 7) is 7.67. The van der Waals surface area contributed by atoms with E-state index in [1.54, 1.807) is 0 Å². The fourth-order valence-electron chi connectivity index (χ4n) is 2.75. The first-order valence-electron chi connectivity index (χ1n) is 6.75. The number of rotatable bonds is 4. The Kier molecular flexibility index (Phi) is 4.60. The molecule has 1 unspecified atom stereocenters. The van der Waals surface area contributed by atoms with Gasteiger partial charge in [0.2, 0.25) is 0 Å². The Morgan fingerprint density at radius 2 is 2.12 bits per heavy atom. The number of nitrogens with two attached hydrogens (primary N) is 1. The van der Waals surface area contributed by atoms with Crippen LogP contribution in [-0.2, 0) is 0 Å². The van der Waals surface area contributed by atoms with Crippen molar-refractivity contribution in [2.45, 2.75) is 39.2 Å². The molecule has 2 nitrogen and oxygen atoms in total. The highest BCUT2D eigenvalue weighted by Gasteiger charge is 2.25. The summed E-state index contributed by atoms with van der Waals surface area (Å²) in [4.78, 5) is 5.42. The molecule has 96 valence electrons. The van der Waals surface area contributed by atoms with E-state index in [9.17, 15) is 0 Å². The molecule has 1 aliphatic rings. The standard InChI is InChI=1S/C14H24N2S/c1-3-12-6-8-16(9-7-12)13(10-15)14-5-4-11(2)17-14/h4-5,12-13H,3,6-10,15H2,1-2H3. The molecule has 0 aromatic carbocycles. The maximum atomic E-state index is 5.98. The molecule has 0 radical (unpaired) electrons. The van der Waals surface area contributed by atoms with E-state index in [1.165, 1.54) is 42.1 Å². The van der Waals surface area contributed by atoms with Crippen LogP contribution >= 0.6 is 11.3 Å². The Hall–Kier alpha value is -0.380. The zero-order valence-electron chi connectivity index (χ0n) is 11.0. The average Bonchev–Trinajstić information content (AvgIpc) is 2.78. The topological polar surface area (TPSA) is 29.3 Å². The van der Waals surface area contributed by atoms with Crippen molar-refractivity contribution in [3.63, 3.8) is 0 Å². The molecule has 0 bridgehead atoms. The van der Waals surface area contributed by atoms with Gasteiger partial charge in [-0.2, -0.15) is 0 Å². The zero-order valence-corrected chi connectivity index (χ0v) is 11.8. The van der Waals surface area contributed by atoms with Crippen LogP contribution in [0.5, 0.6) is 0 Å². The lowest BCUT2D eigenvalue weighted by Gasteiger charge is -2.36. The van der Waals surface area contributed by atoms with Crippen LogP contribution in [0.25, 0.3) is 0 Å². The summed E-state index contributed by atoms with van der Waals surface area (Å²) >= 11 is 1.90. The molecule has 17 heavy (non-hydrogen) atoms. The van der Waals surface area contributed by atoms with Gasteiger partial charge >= 0.3 is 0 Å². The summed E-state index contributed by atoms with van der Waals surface area (Å²) in [6, 6.07) is 4.91. The lowest BCUT2D eigenvalue weighted by atomic mass is 9.93. The van der Waals surface area contributed by atoms with Gasteiger partial charge in [0, 0.05) is 16.3 Å². The van der Waals surface area contributed by atoms with Crippen molar-refractivity contribution in [1.29, 1.82) is 0 Å². The van der Waals surface area contributed by atoms with Gasteiger partial charge in [-0.3, -0.25) is 4.90 Å². The highest BCUT2D eigenvalue weighted by Crippen LogP contribution is 2.31. The van der Waals surface area contributed by atoms with Gasteiger partial charge in [-0.25, -0.2) is 0 Å². The Labute approximate surface area is 109 Å². The van der Waals surface area contributed by atoms with Gasteiger partial charge in [0.25, 0.3) is 0 Å². The number of likely N-dealkylation sites (tertiary alicyclic amines) is 1. The van der Waals surface area contributed by atoms with Crippen molar-refractivity contribution in [3.8, 4) is 0 Å². The Morgan fingerprint density at radius 1 is 1.41 bits per heavy atom. The first kappa shape index (κ1) is 13.1. The molecule has 2 rings (SSSR count). The van der Waals surface area contributed by atoms with E-state index in [0.717, 1.165) is 12.5 Å². The summed E-state index contributed by atoms with van der Waals surface area (Å²) in [7, 11) is 0. The first-order chi connectivity index (χ1) is 8.24. The molecule has 1 fully saturated rings. The lowest BCUT2D eigenvalue weighted by molar-refractivity contribution is 0.135. The van der Waals surface area contributed by atoms with Crippen LogP contribution in [0, 0.1) is 12.8 Å². The predicted molar refractivity (Wildman–Crippen MR) is 75.4 cm³/mol. The molecule has 1 saturated heterocycles. The monoisotopic (exact) mass is 252 g/mol. The molecular formula is C14H24N2S. The minimum Gasteiger partial charge on any atom is -0.329 e. The van der Waals surface area contributed by atoms with Crippen LogP contribution in [0.15, 0.2) is 12.1 Å². The van der Waals surface area contributed by atoms with Gasteiger partial charge in [0.1, 0.15) is 0 Å². The van der Waals surface area contributed by atoms with E-state index < -0.39 is 0 Å². The summed E-state index contributed by atoms with van der Waals surface area (Å²) in [5.41, 5.74) is 5.98. The third-order valence-electron chi connectivity index (χ3n) is 3.98. The molecule has 1 aliphatic heterocycles. The normalized spacial score (nSPS) is 20.6. The van der Waals surface area contributed by atoms with Gasteiger partial charge in [-0.05, 0) is 50.9 Å². The van der Waals surface area contributed by atoms with Crippen molar-refractivity contribution in [2.75, 3.05) is 19.6 Å². The summed E-state index contributed by atoms with van der Waals surface area (Å²) < 4.78 is 0. The SMILES string of the molecule is CCC1CCN(C(CN)c2ccc(C)s2)CC1. The van der Waals surface area contributed by atoms with Crippen molar-refractivity contribution >= 4 is 11.3 Å². The third kappa shape index (κ3) is 3.09. The van der Waals surface area contributed by atoms with Gasteiger partial charge in [0.15, 0.2) is 0 Å². The summed E-state index contributed by atoms with van der Waals surface area (Å²) in [5.74, 6) is 0.940. The molecule has 0 amide bonds. The summed E-state index contributed by atoms with van der Waals surface area (Å²) in [6.07, 6.45) is 4.02. The molecule has 0 spiro atoms. The van der Waals surface area contributed by atoms with Gasteiger partial charge in [-0.15, -0.1) is 11.3 Å². The highest BCUT2D eigenvalue weighted by molar-refractivity contribution is 7.12. The highest BCUT2D eigenvalue weighted by atomic mass is 32.1. The molecule has 3 heteroatoms. The van der Waals surface area contributed by atoms with E-state index >= 15 is 0 Å². The number of piperidine rings is 1. The second-order valence-electron chi connectivity index (χ2n) is 5.09. The van der Waals surface area contributed by atoms with Crippen LogP contribution in [0.4, 0.5) is 0 Å². The molecule has 2 heterocycles. The van der Waals surface area contributed by atoms with Crippen molar-refractivity contribution < 1.29 is 0 Å². The number of hydrogen-bond acceptors (Lipinski definition) is 3.